The lowest BCUT2D eigenvalue weighted by atomic mass is 9.87. The highest BCUT2D eigenvalue weighted by atomic mass is 32.2. The Labute approximate surface area is 306 Å². The second-order valence-corrected chi connectivity index (χ2v) is 14.9. The molecule has 10 nitrogen and oxygen atoms in total. The number of likely N-dealkylation sites (tertiary alicyclic amines) is 1. The lowest BCUT2D eigenvalue weighted by Crippen LogP contribution is -2.57. The number of amides is 1. The Morgan fingerprint density at radius 2 is 1.52 bits per heavy atom. The van der Waals surface area contributed by atoms with Gasteiger partial charge < -0.3 is 9.84 Å². The van der Waals surface area contributed by atoms with E-state index in [9.17, 15) is 49.5 Å². The molecule has 6 rings (SSSR count). The van der Waals surface area contributed by atoms with Crippen LogP contribution in [0, 0.1) is 0 Å². The molecule has 0 bridgehead atoms. The Morgan fingerprint density at radius 1 is 0.852 bits per heavy atom. The standard InChI is InChI=1S/C37H34F6N4O6S/c38-36(39,40)25-15-26(37(41,42)43)17-29(16-25)54(51,52)47(28-11-12-30(35(49)50)33(18-28)53-22-23-7-3-1-4-8-23)34(48)32-13-14-46(32)21-27-19-45-31(20-44-27)24-9-5-2-6-10-24/h1,3-4,7-8,11-12,15-20,24,32H,2,5-6,9-10,13-14,21-22H2,(H,49,50). The number of hydrogen-bond donors (Lipinski definition) is 1. The van der Waals surface area contributed by atoms with Crippen LogP contribution >= 0.6 is 0 Å². The van der Waals surface area contributed by atoms with Gasteiger partial charge in [-0.2, -0.15) is 26.3 Å². The molecule has 2 aliphatic rings. The van der Waals surface area contributed by atoms with Crippen LogP contribution in [-0.4, -0.2) is 52.9 Å². The van der Waals surface area contributed by atoms with E-state index in [1.807, 2.05) is 0 Å². The van der Waals surface area contributed by atoms with Crippen molar-refractivity contribution in [3.8, 4) is 5.75 Å². The van der Waals surface area contributed by atoms with Crippen molar-refractivity contribution in [1.29, 1.82) is 0 Å². The molecule has 3 aromatic carbocycles. The van der Waals surface area contributed by atoms with Gasteiger partial charge in [-0.15, -0.1) is 0 Å². The minimum absolute atomic E-state index is 0.0191. The predicted octanol–water partition coefficient (Wildman–Crippen LogP) is 7.84. The number of halogens is 6. The summed E-state index contributed by atoms with van der Waals surface area (Å²) in [6, 6.07) is 9.78. The molecule has 1 saturated carbocycles. The lowest BCUT2D eigenvalue weighted by molar-refractivity contribution is -0.143. The molecule has 1 amide bonds. The third-order valence-electron chi connectivity index (χ3n) is 9.50. The van der Waals surface area contributed by atoms with Gasteiger partial charge in [0.2, 0.25) is 0 Å². The number of sulfonamides is 1. The normalized spacial score (nSPS) is 17.1. The number of benzene rings is 3. The smallest absolute Gasteiger partial charge is 0.416 e. The van der Waals surface area contributed by atoms with Crippen LogP contribution in [0.1, 0.15) is 82.9 Å². The molecule has 1 N–H and O–H groups in total. The monoisotopic (exact) mass is 776 g/mol. The second-order valence-electron chi connectivity index (χ2n) is 13.2. The van der Waals surface area contributed by atoms with E-state index in [1.54, 1.807) is 47.6 Å². The number of carboxylic acids is 1. The Balaban J connectivity index is 1.39. The van der Waals surface area contributed by atoms with E-state index in [4.69, 9.17) is 4.74 Å². The van der Waals surface area contributed by atoms with Crippen molar-refractivity contribution in [2.45, 2.75) is 80.9 Å². The Bertz CT molecular complexity index is 2080. The van der Waals surface area contributed by atoms with E-state index in [0.29, 0.717) is 11.3 Å². The molecule has 1 aliphatic heterocycles. The molecule has 4 aromatic rings. The van der Waals surface area contributed by atoms with Gasteiger partial charge >= 0.3 is 18.3 Å². The van der Waals surface area contributed by atoms with E-state index in [2.05, 4.69) is 9.97 Å². The summed E-state index contributed by atoms with van der Waals surface area (Å²) in [5, 5.41) is 9.84. The number of carboxylic acid groups (broad SMARTS) is 1. The molecule has 286 valence electrons. The molecule has 1 atom stereocenters. The van der Waals surface area contributed by atoms with Crippen molar-refractivity contribution >= 4 is 27.6 Å². The van der Waals surface area contributed by atoms with Crippen LogP contribution in [-0.2, 0) is 40.3 Å². The third-order valence-corrected chi connectivity index (χ3v) is 11.2. The first kappa shape index (κ1) is 38.7. The summed E-state index contributed by atoms with van der Waals surface area (Å²) >= 11 is 0. The zero-order valence-electron chi connectivity index (χ0n) is 28.5. The first-order valence-corrected chi connectivity index (χ1v) is 18.4. The van der Waals surface area contributed by atoms with Gasteiger partial charge in [0.25, 0.3) is 15.9 Å². The third kappa shape index (κ3) is 8.51. The molecule has 17 heteroatoms. The van der Waals surface area contributed by atoms with Gasteiger partial charge in [-0.3, -0.25) is 19.7 Å². The molecular weight excluding hydrogens is 742 g/mol. The van der Waals surface area contributed by atoms with Crippen LogP contribution in [0.2, 0.25) is 0 Å². The molecule has 2 heterocycles. The summed E-state index contributed by atoms with van der Waals surface area (Å²) in [6.45, 7) is 0.111. The number of rotatable bonds is 11. The van der Waals surface area contributed by atoms with Crippen molar-refractivity contribution in [3.63, 3.8) is 0 Å². The maximum absolute atomic E-state index is 14.3. The average Bonchev–Trinajstić information content (AvgIpc) is 3.12. The van der Waals surface area contributed by atoms with Crippen LogP contribution in [0.15, 0.2) is 84.0 Å². The largest absolute Gasteiger partial charge is 0.488 e. The highest BCUT2D eigenvalue weighted by Crippen LogP contribution is 2.40. The van der Waals surface area contributed by atoms with Gasteiger partial charge in [-0.1, -0.05) is 49.6 Å². The summed E-state index contributed by atoms with van der Waals surface area (Å²) in [7, 11) is -5.55. The van der Waals surface area contributed by atoms with E-state index < -0.39 is 73.3 Å². The minimum atomic E-state index is -5.55. The summed E-state index contributed by atoms with van der Waals surface area (Å²) in [4.78, 5) is 35.6. The quantitative estimate of drug-likeness (QED) is 0.152. The van der Waals surface area contributed by atoms with Gasteiger partial charge in [0.1, 0.15) is 17.9 Å². The molecule has 1 saturated heterocycles. The SMILES string of the molecule is O=C(O)c1ccc(N(C(=O)C2CCN2Cc2cnc(C3CCCCC3)cn2)S(=O)(=O)c2cc(C(F)(F)F)cc(C(F)(F)F)c2)cc1OCc1ccccc1. The lowest BCUT2D eigenvalue weighted by Gasteiger charge is -2.41. The fraction of sp³-hybridized carbons (Fsp3) is 0.351. The fourth-order valence-corrected chi connectivity index (χ4v) is 8.05. The van der Waals surface area contributed by atoms with Crippen molar-refractivity contribution < 1.29 is 54.2 Å². The highest BCUT2D eigenvalue weighted by Gasteiger charge is 2.45. The summed E-state index contributed by atoms with van der Waals surface area (Å²) < 4.78 is 118. The summed E-state index contributed by atoms with van der Waals surface area (Å²) in [5.74, 6) is -2.81. The maximum Gasteiger partial charge on any atom is 0.416 e. The summed E-state index contributed by atoms with van der Waals surface area (Å²) in [6.07, 6.45) is -2.17. The first-order valence-electron chi connectivity index (χ1n) is 17.0. The number of ether oxygens (including phenoxy) is 1. The zero-order chi connectivity index (χ0) is 38.8. The fourth-order valence-electron chi connectivity index (χ4n) is 6.54. The number of carbonyl (C=O) groups is 2. The number of hydrogen-bond acceptors (Lipinski definition) is 8. The Hall–Kier alpha value is -5.03. The van der Waals surface area contributed by atoms with E-state index in [-0.39, 0.29) is 54.5 Å². The number of anilines is 1. The van der Waals surface area contributed by atoms with Gasteiger partial charge in [-0.25, -0.2) is 17.5 Å². The van der Waals surface area contributed by atoms with Crippen LogP contribution in [0.25, 0.3) is 0 Å². The highest BCUT2D eigenvalue weighted by molar-refractivity contribution is 7.93. The molecular formula is C37H34F6N4O6S. The van der Waals surface area contributed by atoms with E-state index >= 15 is 0 Å². The number of alkyl halides is 6. The van der Waals surface area contributed by atoms with Gasteiger partial charge in [0.15, 0.2) is 0 Å². The van der Waals surface area contributed by atoms with Crippen LogP contribution < -0.4 is 9.04 Å². The van der Waals surface area contributed by atoms with E-state index in [0.717, 1.165) is 56.0 Å². The predicted molar refractivity (Wildman–Crippen MR) is 182 cm³/mol. The zero-order valence-corrected chi connectivity index (χ0v) is 29.3. The number of carbonyl (C=O) groups excluding carboxylic acids is 1. The molecule has 0 radical (unpaired) electrons. The van der Waals surface area contributed by atoms with Crippen molar-refractivity contribution in [2.24, 2.45) is 0 Å². The second kappa shape index (κ2) is 15.4. The Kier molecular flexibility index (Phi) is 11.0. The topological polar surface area (TPSA) is 130 Å². The van der Waals surface area contributed by atoms with Crippen LogP contribution in [0.5, 0.6) is 5.75 Å². The molecule has 0 spiro atoms. The maximum atomic E-state index is 14.3. The molecule has 1 aliphatic carbocycles. The average molecular weight is 777 g/mol. The molecule has 1 unspecified atom stereocenters. The minimum Gasteiger partial charge on any atom is -0.488 e. The van der Waals surface area contributed by atoms with Crippen molar-refractivity contribution in [3.05, 3.63) is 113 Å². The van der Waals surface area contributed by atoms with Gasteiger partial charge in [0, 0.05) is 31.3 Å². The molecule has 54 heavy (non-hydrogen) atoms. The van der Waals surface area contributed by atoms with Crippen molar-refractivity contribution in [2.75, 3.05) is 10.8 Å². The van der Waals surface area contributed by atoms with Crippen LogP contribution in [0.3, 0.4) is 0 Å². The number of aromatic carboxylic acids is 1. The summed E-state index contributed by atoms with van der Waals surface area (Å²) in [5.41, 5.74) is -2.95. The van der Waals surface area contributed by atoms with Crippen molar-refractivity contribution in [1.82, 2.24) is 14.9 Å². The molecule has 2 fully saturated rings. The van der Waals surface area contributed by atoms with Crippen LogP contribution in [0.4, 0.5) is 32.0 Å². The van der Waals surface area contributed by atoms with Gasteiger partial charge in [0.05, 0.1) is 45.3 Å². The Morgan fingerprint density at radius 3 is 2.07 bits per heavy atom. The van der Waals surface area contributed by atoms with Gasteiger partial charge in [-0.05, 0) is 55.2 Å². The van der Waals surface area contributed by atoms with E-state index in [1.165, 1.54) is 0 Å². The number of nitrogens with zero attached hydrogens (tertiary/aromatic N) is 4. The first-order chi connectivity index (χ1) is 25.5. The molecule has 1 aromatic heterocycles. The number of aromatic nitrogens is 2.